The van der Waals surface area contributed by atoms with Crippen LogP contribution in [-0.2, 0) is 47.7 Å². The van der Waals surface area contributed by atoms with Crippen molar-refractivity contribution in [2.75, 3.05) is 6.61 Å². The van der Waals surface area contributed by atoms with Crippen molar-refractivity contribution < 1.29 is 65.9 Å². The molecule has 1 aliphatic rings. The van der Waals surface area contributed by atoms with Crippen LogP contribution in [0.1, 0.15) is 27.7 Å². The molecule has 15 heteroatoms. The van der Waals surface area contributed by atoms with E-state index in [9.17, 15) is 32.3 Å². The number of nitrogens with two attached hydrogens (primary N) is 1. The molecule has 0 radical (unpaired) electrons. The van der Waals surface area contributed by atoms with Gasteiger partial charge in [0.1, 0.15) is 18.8 Å². The summed E-state index contributed by atoms with van der Waals surface area (Å²) in [5.74, 6) is -5.38. The first-order valence-electron chi connectivity index (χ1n) is 8.42. The van der Waals surface area contributed by atoms with Crippen LogP contribution in [0.25, 0.3) is 0 Å². The molecule has 1 aliphatic heterocycles. The molecule has 1 rings (SSSR count). The van der Waals surface area contributed by atoms with E-state index in [-0.39, 0.29) is 6.61 Å². The largest absolute Gasteiger partial charge is 0.490 e. The minimum atomic E-state index is -5.08. The second-order valence-corrected chi connectivity index (χ2v) is 5.98. The Kier molecular flexibility index (Phi) is 10.9. The molecular weight excluding hydrogens is 439 g/mol. The lowest BCUT2D eigenvalue weighted by Crippen LogP contribution is -2.65. The zero-order valence-corrected chi connectivity index (χ0v) is 16.8. The SMILES string of the molecule is CC(=O)OC[C@H]1OC(OC(C)=O)[C@@H](N)[C@@H](OC(C)=O)[C@@H]1OC(C)=O.O=C(O)C(F)(F)F. The van der Waals surface area contributed by atoms with Crippen LogP contribution in [0, 0.1) is 0 Å². The van der Waals surface area contributed by atoms with Crippen LogP contribution < -0.4 is 5.73 Å². The number of carbonyl (C=O) groups is 5. The maximum absolute atomic E-state index is 11.3. The number of alkyl halides is 3. The summed E-state index contributed by atoms with van der Waals surface area (Å²) in [7, 11) is 0. The molecule has 0 aromatic carbocycles. The first-order valence-corrected chi connectivity index (χ1v) is 8.42. The number of aliphatic carboxylic acids is 1. The molecule has 178 valence electrons. The minimum Gasteiger partial charge on any atom is -0.475 e. The van der Waals surface area contributed by atoms with E-state index in [1.807, 2.05) is 0 Å². The van der Waals surface area contributed by atoms with Gasteiger partial charge in [-0.3, -0.25) is 19.2 Å². The van der Waals surface area contributed by atoms with E-state index in [0.717, 1.165) is 20.8 Å². The summed E-state index contributed by atoms with van der Waals surface area (Å²) < 4.78 is 57.2. The minimum absolute atomic E-state index is 0.310. The predicted octanol–water partition coefficient (Wildman–Crippen LogP) is -0.338. The average Bonchev–Trinajstić information content (AvgIpc) is 2.57. The van der Waals surface area contributed by atoms with Crippen molar-refractivity contribution in [3.05, 3.63) is 0 Å². The molecule has 0 saturated carbocycles. The van der Waals surface area contributed by atoms with E-state index in [1.54, 1.807) is 0 Å². The van der Waals surface area contributed by atoms with Crippen LogP contribution in [0.4, 0.5) is 13.2 Å². The highest BCUT2D eigenvalue weighted by molar-refractivity contribution is 5.73. The third-order valence-corrected chi connectivity index (χ3v) is 3.27. The average molecular weight is 461 g/mol. The molecular formula is C16H22F3NO11. The van der Waals surface area contributed by atoms with Gasteiger partial charge in [0.2, 0.25) is 6.29 Å². The van der Waals surface area contributed by atoms with E-state index in [0.29, 0.717) is 0 Å². The van der Waals surface area contributed by atoms with E-state index in [1.165, 1.54) is 6.92 Å². The summed E-state index contributed by atoms with van der Waals surface area (Å²) in [6.45, 7) is 4.32. The van der Waals surface area contributed by atoms with Gasteiger partial charge >= 0.3 is 36.0 Å². The molecule has 31 heavy (non-hydrogen) atoms. The zero-order chi connectivity index (χ0) is 24.5. The molecule has 1 unspecified atom stereocenters. The lowest BCUT2D eigenvalue weighted by atomic mass is 9.97. The molecule has 1 saturated heterocycles. The van der Waals surface area contributed by atoms with Crippen molar-refractivity contribution in [3.63, 3.8) is 0 Å². The summed E-state index contributed by atoms with van der Waals surface area (Å²) in [4.78, 5) is 53.8. The molecule has 1 fully saturated rings. The molecule has 1 heterocycles. The fourth-order valence-electron chi connectivity index (χ4n) is 2.20. The standard InChI is InChI=1S/C14H21NO9.C2HF3O2/c1-6(16)20-5-10-12(21-7(2)17)13(22-8(3)18)11(15)14(24-10)23-9(4)19;3-2(4,5)1(6)7/h10-14H,5,15H2,1-4H3;(H,6,7)/t10-,11+,12-,13-,14?;/m1./s1. The Morgan fingerprint density at radius 1 is 0.871 bits per heavy atom. The Bertz CT molecular complexity index is 666. The zero-order valence-electron chi connectivity index (χ0n) is 16.8. The predicted molar refractivity (Wildman–Crippen MR) is 89.8 cm³/mol. The van der Waals surface area contributed by atoms with Crippen LogP contribution in [0.3, 0.4) is 0 Å². The van der Waals surface area contributed by atoms with E-state index in [2.05, 4.69) is 0 Å². The normalized spacial score (nSPS) is 25.2. The van der Waals surface area contributed by atoms with Gasteiger partial charge in [-0.1, -0.05) is 0 Å². The monoisotopic (exact) mass is 461 g/mol. The van der Waals surface area contributed by atoms with E-state index >= 15 is 0 Å². The summed E-state index contributed by atoms with van der Waals surface area (Å²) >= 11 is 0. The Labute approximate surface area is 173 Å². The summed E-state index contributed by atoms with van der Waals surface area (Å²) in [5.41, 5.74) is 5.93. The maximum atomic E-state index is 11.3. The second kappa shape index (κ2) is 12.0. The molecule has 0 aliphatic carbocycles. The first kappa shape index (κ1) is 28.1. The molecule has 0 bridgehead atoms. The number of esters is 4. The van der Waals surface area contributed by atoms with Crippen LogP contribution in [0.5, 0.6) is 0 Å². The molecule has 0 spiro atoms. The Morgan fingerprint density at radius 2 is 1.29 bits per heavy atom. The number of halogens is 3. The van der Waals surface area contributed by atoms with Gasteiger partial charge < -0.3 is 34.5 Å². The first-order chi connectivity index (χ1) is 14.1. The third-order valence-electron chi connectivity index (χ3n) is 3.27. The molecule has 0 aromatic rings. The number of carbonyl (C=O) groups excluding carboxylic acids is 4. The van der Waals surface area contributed by atoms with Crippen molar-refractivity contribution in [3.8, 4) is 0 Å². The molecule has 12 nitrogen and oxygen atoms in total. The van der Waals surface area contributed by atoms with Crippen LogP contribution in [0.15, 0.2) is 0 Å². The number of hydrogen-bond donors (Lipinski definition) is 2. The topological polar surface area (TPSA) is 178 Å². The smallest absolute Gasteiger partial charge is 0.475 e. The number of ether oxygens (including phenoxy) is 5. The lowest BCUT2D eigenvalue weighted by molar-refractivity contribution is -0.267. The van der Waals surface area contributed by atoms with Crippen molar-refractivity contribution in [1.82, 2.24) is 0 Å². The van der Waals surface area contributed by atoms with E-state index < -0.39 is 66.7 Å². The summed E-state index contributed by atoms with van der Waals surface area (Å²) in [6, 6.07) is -1.10. The van der Waals surface area contributed by atoms with E-state index in [4.69, 9.17) is 39.3 Å². The van der Waals surface area contributed by atoms with Crippen LogP contribution >= 0.6 is 0 Å². The fourth-order valence-corrected chi connectivity index (χ4v) is 2.20. The Balaban J connectivity index is 0.00000110. The number of hydrogen-bond acceptors (Lipinski definition) is 11. The van der Waals surface area contributed by atoms with Gasteiger partial charge in [0.25, 0.3) is 0 Å². The molecule has 0 amide bonds. The number of carboxylic acid groups (broad SMARTS) is 1. The van der Waals surface area contributed by atoms with Gasteiger partial charge in [0.05, 0.1) is 0 Å². The second-order valence-electron chi connectivity index (χ2n) is 5.98. The van der Waals surface area contributed by atoms with Gasteiger partial charge in [-0.2, -0.15) is 13.2 Å². The lowest BCUT2D eigenvalue weighted by Gasteiger charge is -2.42. The van der Waals surface area contributed by atoms with Crippen molar-refractivity contribution >= 4 is 29.8 Å². The Hall–Kier alpha value is -2.94. The summed E-state index contributed by atoms with van der Waals surface area (Å²) in [5, 5.41) is 7.12. The van der Waals surface area contributed by atoms with Gasteiger partial charge in [-0.05, 0) is 0 Å². The van der Waals surface area contributed by atoms with Gasteiger partial charge in [-0.15, -0.1) is 0 Å². The maximum Gasteiger partial charge on any atom is 0.490 e. The fraction of sp³-hybridized carbons (Fsp3) is 0.688. The summed E-state index contributed by atoms with van der Waals surface area (Å²) in [6.07, 6.45) is -9.66. The quantitative estimate of drug-likeness (QED) is 0.403. The number of rotatable bonds is 5. The highest BCUT2D eigenvalue weighted by Gasteiger charge is 2.50. The van der Waals surface area contributed by atoms with Crippen molar-refractivity contribution in [2.24, 2.45) is 5.73 Å². The van der Waals surface area contributed by atoms with Gasteiger partial charge in [0.15, 0.2) is 12.2 Å². The van der Waals surface area contributed by atoms with Crippen molar-refractivity contribution in [1.29, 1.82) is 0 Å². The Morgan fingerprint density at radius 3 is 1.65 bits per heavy atom. The molecule has 3 N–H and O–H groups in total. The molecule has 0 aromatic heterocycles. The highest BCUT2D eigenvalue weighted by atomic mass is 19.4. The van der Waals surface area contributed by atoms with Gasteiger partial charge in [0, 0.05) is 27.7 Å². The third kappa shape index (κ3) is 10.6. The number of carboxylic acids is 1. The molecule has 5 atom stereocenters. The van der Waals surface area contributed by atoms with Crippen LogP contribution in [-0.4, -0.2) is 78.4 Å². The van der Waals surface area contributed by atoms with Gasteiger partial charge in [-0.25, -0.2) is 4.79 Å². The van der Waals surface area contributed by atoms with Crippen LogP contribution in [0.2, 0.25) is 0 Å². The van der Waals surface area contributed by atoms with Crippen molar-refractivity contribution in [2.45, 2.75) is 64.5 Å². The highest BCUT2D eigenvalue weighted by Crippen LogP contribution is 2.26.